The van der Waals surface area contributed by atoms with Gasteiger partial charge >= 0.3 is 0 Å². The molecule has 1 aliphatic heterocycles. The Balaban J connectivity index is 0.000000810. The quantitative estimate of drug-likeness (QED) is 0.609. The number of morpholine rings is 1. The molecule has 0 atom stereocenters. The molecule has 0 spiro atoms. The van der Waals surface area contributed by atoms with Crippen LogP contribution in [-0.4, -0.2) is 37.7 Å². The fourth-order valence-corrected chi connectivity index (χ4v) is 1.14. The molecule has 0 bridgehead atoms. The molecule has 1 heterocycles. The molecule has 2 nitrogen and oxygen atoms in total. The first-order valence-electron chi connectivity index (χ1n) is 3.73. The van der Waals surface area contributed by atoms with Crippen molar-refractivity contribution in [3.8, 4) is 0 Å². The van der Waals surface area contributed by atoms with Crippen LogP contribution in [0.15, 0.2) is 0 Å². The molecule has 0 aromatic rings. The highest BCUT2D eigenvalue weighted by atomic mass is 35.5. The number of ether oxygens (including phenoxy) is 1. The predicted molar refractivity (Wildman–Crippen MR) is 44.8 cm³/mol. The van der Waals surface area contributed by atoms with Crippen LogP contribution < -0.4 is 0 Å². The molecule has 1 saturated heterocycles. The SMILES string of the molecule is CCCN1CCOCC1.Cl. The van der Waals surface area contributed by atoms with Crippen molar-refractivity contribution in [2.45, 2.75) is 13.3 Å². The zero-order valence-electron chi connectivity index (χ0n) is 6.51. The summed E-state index contributed by atoms with van der Waals surface area (Å²) < 4.78 is 5.20. The molecule has 1 aliphatic rings. The Morgan fingerprint density at radius 2 is 1.90 bits per heavy atom. The average Bonchev–Trinajstić information content (AvgIpc) is 1.91. The van der Waals surface area contributed by atoms with Crippen LogP contribution in [0.5, 0.6) is 0 Å². The number of nitrogens with zero attached hydrogens (tertiary/aromatic N) is 1. The van der Waals surface area contributed by atoms with Gasteiger partial charge in [-0.15, -0.1) is 12.4 Å². The van der Waals surface area contributed by atoms with Crippen LogP contribution in [0.3, 0.4) is 0 Å². The van der Waals surface area contributed by atoms with Gasteiger partial charge in [0, 0.05) is 13.1 Å². The van der Waals surface area contributed by atoms with Gasteiger partial charge < -0.3 is 4.74 Å². The predicted octanol–water partition coefficient (Wildman–Crippen LogP) is 1.15. The van der Waals surface area contributed by atoms with E-state index in [2.05, 4.69) is 11.8 Å². The molecule has 0 aliphatic carbocycles. The molecule has 0 aromatic heterocycles. The molecule has 0 radical (unpaired) electrons. The number of hydrogen-bond donors (Lipinski definition) is 0. The van der Waals surface area contributed by atoms with E-state index in [1.54, 1.807) is 0 Å². The highest BCUT2D eigenvalue weighted by molar-refractivity contribution is 5.85. The summed E-state index contributed by atoms with van der Waals surface area (Å²) in [7, 11) is 0. The second-order valence-electron chi connectivity index (χ2n) is 2.45. The monoisotopic (exact) mass is 165 g/mol. The molecule has 0 saturated carbocycles. The van der Waals surface area contributed by atoms with Crippen molar-refractivity contribution in [1.82, 2.24) is 4.90 Å². The Kier molecular flexibility index (Phi) is 6.08. The van der Waals surface area contributed by atoms with E-state index in [-0.39, 0.29) is 12.4 Å². The molecule has 10 heavy (non-hydrogen) atoms. The molecule has 1 rings (SSSR count). The van der Waals surface area contributed by atoms with Gasteiger partial charge in [-0.2, -0.15) is 0 Å². The maximum absolute atomic E-state index is 5.20. The van der Waals surface area contributed by atoms with Crippen LogP contribution in [0, 0.1) is 0 Å². The second kappa shape index (κ2) is 5.96. The lowest BCUT2D eigenvalue weighted by Crippen LogP contribution is -2.36. The summed E-state index contributed by atoms with van der Waals surface area (Å²) in [5, 5.41) is 0. The summed E-state index contributed by atoms with van der Waals surface area (Å²) >= 11 is 0. The van der Waals surface area contributed by atoms with E-state index in [9.17, 15) is 0 Å². The van der Waals surface area contributed by atoms with E-state index in [4.69, 9.17) is 4.74 Å². The van der Waals surface area contributed by atoms with Crippen LogP contribution in [-0.2, 0) is 4.74 Å². The van der Waals surface area contributed by atoms with E-state index in [1.807, 2.05) is 0 Å². The first-order valence-corrected chi connectivity index (χ1v) is 3.73. The lowest BCUT2D eigenvalue weighted by molar-refractivity contribution is 0.0380. The summed E-state index contributed by atoms with van der Waals surface area (Å²) in [6.07, 6.45) is 1.26. The van der Waals surface area contributed by atoms with E-state index < -0.39 is 0 Å². The molecule has 3 heteroatoms. The van der Waals surface area contributed by atoms with Gasteiger partial charge in [0.15, 0.2) is 0 Å². The molecule has 0 aromatic carbocycles. The van der Waals surface area contributed by atoms with Crippen molar-refractivity contribution in [2.75, 3.05) is 32.8 Å². The summed E-state index contributed by atoms with van der Waals surface area (Å²) in [6, 6.07) is 0. The fourth-order valence-electron chi connectivity index (χ4n) is 1.14. The van der Waals surface area contributed by atoms with Gasteiger partial charge in [-0.1, -0.05) is 6.92 Å². The van der Waals surface area contributed by atoms with Gasteiger partial charge in [-0.05, 0) is 13.0 Å². The highest BCUT2D eigenvalue weighted by Gasteiger charge is 2.07. The maximum Gasteiger partial charge on any atom is 0.0594 e. The Morgan fingerprint density at radius 1 is 1.30 bits per heavy atom. The third-order valence-electron chi connectivity index (χ3n) is 1.64. The second-order valence-corrected chi connectivity index (χ2v) is 2.45. The molecule has 62 valence electrons. The van der Waals surface area contributed by atoms with Crippen molar-refractivity contribution in [3.05, 3.63) is 0 Å². The number of hydrogen-bond acceptors (Lipinski definition) is 2. The zero-order chi connectivity index (χ0) is 6.53. The smallest absolute Gasteiger partial charge is 0.0594 e. The standard InChI is InChI=1S/C7H15NO.ClH/c1-2-3-8-4-6-9-7-5-8;/h2-7H2,1H3;1H. The first-order chi connectivity index (χ1) is 4.43. The summed E-state index contributed by atoms with van der Waals surface area (Å²) in [6.45, 7) is 7.58. The Labute approximate surface area is 68.9 Å². The molecule has 1 fully saturated rings. The van der Waals surface area contributed by atoms with Crippen LogP contribution >= 0.6 is 12.4 Å². The third-order valence-corrected chi connectivity index (χ3v) is 1.64. The van der Waals surface area contributed by atoms with Crippen LogP contribution in [0.4, 0.5) is 0 Å². The largest absolute Gasteiger partial charge is 0.379 e. The van der Waals surface area contributed by atoms with E-state index in [0.717, 1.165) is 26.3 Å². The van der Waals surface area contributed by atoms with Crippen LogP contribution in [0.1, 0.15) is 13.3 Å². The first kappa shape index (κ1) is 10.2. The maximum atomic E-state index is 5.20. The minimum atomic E-state index is 0. The van der Waals surface area contributed by atoms with Gasteiger partial charge in [0.25, 0.3) is 0 Å². The topological polar surface area (TPSA) is 12.5 Å². The molecule has 0 unspecified atom stereocenters. The minimum absolute atomic E-state index is 0. The number of rotatable bonds is 2. The summed E-state index contributed by atoms with van der Waals surface area (Å²) in [5.74, 6) is 0. The van der Waals surface area contributed by atoms with E-state index in [1.165, 1.54) is 13.0 Å². The molecular formula is C7H16ClNO. The Hall–Kier alpha value is 0.210. The Morgan fingerprint density at radius 3 is 2.40 bits per heavy atom. The number of halogens is 1. The molecule has 0 N–H and O–H groups in total. The van der Waals surface area contributed by atoms with Gasteiger partial charge in [0.2, 0.25) is 0 Å². The van der Waals surface area contributed by atoms with E-state index in [0.29, 0.717) is 0 Å². The van der Waals surface area contributed by atoms with Crippen molar-refractivity contribution in [2.24, 2.45) is 0 Å². The van der Waals surface area contributed by atoms with Gasteiger partial charge in [0.05, 0.1) is 13.2 Å². The minimum Gasteiger partial charge on any atom is -0.379 e. The molecule has 0 amide bonds. The van der Waals surface area contributed by atoms with Crippen molar-refractivity contribution >= 4 is 12.4 Å². The van der Waals surface area contributed by atoms with Gasteiger partial charge in [0.1, 0.15) is 0 Å². The fraction of sp³-hybridized carbons (Fsp3) is 1.00. The Bertz CT molecular complexity index is 71.3. The normalized spacial score (nSPS) is 20.1. The highest BCUT2D eigenvalue weighted by Crippen LogP contribution is 1.96. The van der Waals surface area contributed by atoms with Crippen LogP contribution in [0.25, 0.3) is 0 Å². The third kappa shape index (κ3) is 3.40. The van der Waals surface area contributed by atoms with Gasteiger partial charge in [-0.25, -0.2) is 0 Å². The summed E-state index contributed by atoms with van der Waals surface area (Å²) in [4.78, 5) is 2.45. The van der Waals surface area contributed by atoms with Crippen molar-refractivity contribution in [3.63, 3.8) is 0 Å². The van der Waals surface area contributed by atoms with Crippen molar-refractivity contribution in [1.29, 1.82) is 0 Å². The van der Waals surface area contributed by atoms with Crippen LogP contribution in [0.2, 0.25) is 0 Å². The summed E-state index contributed by atoms with van der Waals surface area (Å²) in [5.41, 5.74) is 0. The molecular weight excluding hydrogens is 150 g/mol. The average molecular weight is 166 g/mol. The van der Waals surface area contributed by atoms with Crippen molar-refractivity contribution < 1.29 is 4.74 Å². The lowest BCUT2D eigenvalue weighted by Gasteiger charge is -2.25. The zero-order valence-corrected chi connectivity index (χ0v) is 7.32. The van der Waals surface area contributed by atoms with E-state index >= 15 is 0 Å². The van der Waals surface area contributed by atoms with Gasteiger partial charge in [-0.3, -0.25) is 4.90 Å². The lowest BCUT2D eigenvalue weighted by atomic mass is 10.4.